The van der Waals surface area contributed by atoms with Gasteiger partial charge in [0.2, 0.25) is 11.8 Å². The molecule has 3 aliphatic heterocycles. The van der Waals surface area contributed by atoms with Crippen molar-refractivity contribution < 1.29 is 18.8 Å². The first kappa shape index (κ1) is 21.3. The molecule has 0 spiro atoms. The second kappa shape index (κ2) is 8.41. The van der Waals surface area contributed by atoms with Crippen molar-refractivity contribution >= 4 is 29.1 Å². The van der Waals surface area contributed by atoms with Crippen LogP contribution in [0.2, 0.25) is 0 Å². The summed E-state index contributed by atoms with van der Waals surface area (Å²) in [7, 11) is 0. The summed E-state index contributed by atoms with van der Waals surface area (Å²) in [6.07, 6.45) is 2.34. The third-order valence-corrected chi connectivity index (χ3v) is 8.03. The summed E-state index contributed by atoms with van der Waals surface area (Å²) >= 11 is 1.78. The predicted molar refractivity (Wildman–Crippen MR) is 119 cm³/mol. The third kappa shape index (κ3) is 3.86. The van der Waals surface area contributed by atoms with Crippen LogP contribution in [0.5, 0.6) is 0 Å². The summed E-state index contributed by atoms with van der Waals surface area (Å²) < 4.78 is 14.5. The van der Waals surface area contributed by atoms with E-state index in [2.05, 4.69) is 28.6 Å². The highest BCUT2D eigenvalue weighted by molar-refractivity contribution is 7.10. The van der Waals surface area contributed by atoms with Gasteiger partial charge in [0.15, 0.2) is 0 Å². The number of piperidine rings is 2. The molecule has 1 N–H and O–H groups in total. The number of nitrogens with zero attached hydrogens (tertiary/aromatic N) is 2. The molecule has 1 atom stereocenters. The van der Waals surface area contributed by atoms with E-state index in [1.807, 2.05) is 0 Å². The fourth-order valence-corrected chi connectivity index (χ4v) is 6.14. The van der Waals surface area contributed by atoms with Crippen molar-refractivity contribution in [3.8, 4) is 0 Å². The Balaban J connectivity index is 1.33. The zero-order valence-corrected chi connectivity index (χ0v) is 18.8. The van der Waals surface area contributed by atoms with E-state index in [1.54, 1.807) is 17.4 Å². The van der Waals surface area contributed by atoms with Crippen LogP contribution in [0, 0.1) is 12.7 Å². The molecule has 6 nitrogen and oxygen atoms in total. The first-order valence-corrected chi connectivity index (χ1v) is 12.0. The van der Waals surface area contributed by atoms with Gasteiger partial charge in [-0.2, -0.15) is 0 Å². The number of halogens is 1. The Hall–Kier alpha value is -2.58. The topological polar surface area (TPSA) is 69.7 Å². The molecule has 3 aliphatic rings. The van der Waals surface area contributed by atoms with Gasteiger partial charge in [0.25, 0.3) is 5.91 Å². The molecule has 0 aliphatic carbocycles. The first-order chi connectivity index (χ1) is 15.4. The molecule has 5 rings (SSSR count). The Morgan fingerprint density at radius 2 is 1.94 bits per heavy atom. The number of benzene rings is 1. The highest BCUT2D eigenvalue weighted by Gasteiger charge is 2.41. The van der Waals surface area contributed by atoms with Crippen LogP contribution < -0.4 is 5.32 Å². The van der Waals surface area contributed by atoms with Crippen LogP contribution in [0.3, 0.4) is 0 Å². The summed E-state index contributed by atoms with van der Waals surface area (Å²) in [5.74, 6) is -1.29. The molecule has 1 aromatic carbocycles. The van der Waals surface area contributed by atoms with Crippen molar-refractivity contribution in [3.63, 3.8) is 0 Å². The number of rotatable bonds is 4. The van der Waals surface area contributed by atoms with Gasteiger partial charge in [-0.05, 0) is 85.5 Å². The van der Waals surface area contributed by atoms with Gasteiger partial charge in [0.1, 0.15) is 11.9 Å². The van der Waals surface area contributed by atoms with Crippen molar-refractivity contribution in [3.05, 3.63) is 56.5 Å². The van der Waals surface area contributed by atoms with Crippen LogP contribution in [0.1, 0.15) is 63.5 Å². The van der Waals surface area contributed by atoms with Crippen LogP contribution in [0.15, 0.2) is 23.6 Å². The normalized spacial score (nSPS) is 22.4. The van der Waals surface area contributed by atoms with E-state index in [4.69, 9.17) is 0 Å². The monoisotopic (exact) mass is 455 g/mol. The number of nitrogens with one attached hydrogen (secondary N) is 1. The Kier molecular flexibility index (Phi) is 5.59. The van der Waals surface area contributed by atoms with Gasteiger partial charge >= 0.3 is 0 Å². The maximum atomic E-state index is 14.5. The molecule has 2 saturated heterocycles. The first-order valence-electron chi connectivity index (χ1n) is 11.1. The summed E-state index contributed by atoms with van der Waals surface area (Å²) in [5.41, 5.74) is 3.43. The number of carbonyl (C=O) groups is 3. The van der Waals surface area contributed by atoms with E-state index in [0.717, 1.165) is 43.6 Å². The molecule has 1 unspecified atom stereocenters. The van der Waals surface area contributed by atoms with E-state index in [1.165, 1.54) is 21.4 Å². The average molecular weight is 456 g/mol. The molecular weight excluding hydrogens is 429 g/mol. The SMILES string of the molecule is Cc1ccsc1CN1CCC(c2cc(F)cc3c2CN(C2CCC(=O)NC2=O)C3=O)CC1. The van der Waals surface area contributed by atoms with Gasteiger partial charge in [-0.3, -0.25) is 24.6 Å². The molecule has 0 saturated carbocycles. The van der Waals surface area contributed by atoms with Crippen molar-refractivity contribution in [1.82, 2.24) is 15.1 Å². The zero-order chi connectivity index (χ0) is 22.4. The van der Waals surface area contributed by atoms with Gasteiger partial charge in [0.05, 0.1) is 0 Å². The Labute approximate surface area is 190 Å². The van der Waals surface area contributed by atoms with Crippen LogP contribution in [-0.2, 0) is 22.7 Å². The highest BCUT2D eigenvalue weighted by Crippen LogP contribution is 2.38. The van der Waals surface area contributed by atoms with Gasteiger partial charge in [-0.1, -0.05) is 0 Å². The number of imide groups is 1. The lowest BCUT2D eigenvalue weighted by Gasteiger charge is -2.33. The Morgan fingerprint density at radius 3 is 2.62 bits per heavy atom. The minimum absolute atomic E-state index is 0.189. The number of likely N-dealkylation sites (tertiary alicyclic amines) is 1. The molecule has 8 heteroatoms. The molecule has 1 aromatic heterocycles. The fraction of sp³-hybridized carbons (Fsp3) is 0.458. The Morgan fingerprint density at radius 1 is 1.16 bits per heavy atom. The molecular formula is C24H26FN3O3S. The van der Waals surface area contributed by atoms with Crippen molar-refractivity contribution in [2.45, 2.75) is 57.7 Å². The molecule has 0 radical (unpaired) electrons. The number of aryl methyl sites for hydroxylation is 1. The minimum atomic E-state index is -0.681. The maximum absolute atomic E-state index is 14.5. The van der Waals surface area contributed by atoms with Gasteiger partial charge in [-0.25, -0.2) is 4.39 Å². The summed E-state index contributed by atoms with van der Waals surface area (Å²) in [4.78, 5) is 42.2. The van der Waals surface area contributed by atoms with Crippen LogP contribution >= 0.6 is 11.3 Å². The number of thiophene rings is 1. The van der Waals surface area contributed by atoms with Gasteiger partial charge < -0.3 is 4.90 Å². The van der Waals surface area contributed by atoms with Crippen LogP contribution in [-0.4, -0.2) is 46.7 Å². The fourth-order valence-electron chi connectivity index (χ4n) is 5.19. The number of carbonyl (C=O) groups excluding carboxylic acids is 3. The lowest BCUT2D eigenvalue weighted by atomic mass is 9.85. The molecule has 4 heterocycles. The third-order valence-electron chi connectivity index (χ3n) is 7.02. The van der Waals surface area contributed by atoms with E-state index in [0.29, 0.717) is 18.5 Å². The maximum Gasteiger partial charge on any atom is 0.255 e. The zero-order valence-electron chi connectivity index (χ0n) is 18.0. The Bertz CT molecular complexity index is 1090. The molecule has 2 aromatic rings. The number of hydrogen-bond donors (Lipinski definition) is 1. The molecule has 32 heavy (non-hydrogen) atoms. The average Bonchev–Trinajstić information content (AvgIpc) is 3.31. The largest absolute Gasteiger partial charge is 0.322 e. The number of fused-ring (bicyclic) bond motifs is 1. The lowest BCUT2D eigenvalue weighted by molar-refractivity contribution is -0.136. The summed E-state index contributed by atoms with van der Waals surface area (Å²) in [5, 5.41) is 4.44. The van der Waals surface area contributed by atoms with Gasteiger partial charge in [-0.15, -0.1) is 11.3 Å². The molecule has 2 fully saturated rings. The van der Waals surface area contributed by atoms with Crippen molar-refractivity contribution in [1.29, 1.82) is 0 Å². The quantitative estimate of drug-likeness (QED) is 0.718. The smallest absolute Gasteiger partial charge is 0.255 e. The number of hydrogen-bond acceptors (Lipinski definition) is 5. The summed E-state index contributed by atoms with van der Waals surface area (Å²) in [6, 6.07) is 4.33. The predicted octanol–water partition coefficient (Wildman–Crippen LogP) is 3.34. The molecule has 0 bridgehead atoms. The molecule has 3 amide bonds. The summed E-state index contributed by atoms with van der Waals surface area (Å²) in [6.45, 7) is 5.24. The standard InChI is InChI=1S/C24H26FN3O3S/c1-14-6-9-32-21(14)13-27-7-4-15(5-8-27)17-10-16(25)11-18-19(17)12-28(24(18)31)20-2-3-22(29)26-23(20)30/h6,9-11,15,20H,2-5,7-8,12-13H2,1H3,(H,26,29,30). The number of amides is 3. The lowest BCUT2D eigenvalue weighted by Crippen LogP contribution is -2.52. The van der Waals surface area contributed by atoms with Gasteiger partial charge in [0, 0.05) is 30.0 Å². The van der Waals surface area contributed by atoms with E-state index >= 15 is 0 Å². The van der Waals surface area contributed by atoms with Crippen molar-refractivity contribution in [2.75, 3.05) is 13.1 Å². The van der Waals surface area contributed by atoms with E-state index in [9.17, 15) is 18.8 Å². The van der Waals surface area contributed by atoms with Crippen LogP contribution in [0.25, 0.3) is 0 Å². The second-order valence-corrected chi connectivity index (χ2v) is 10.00. The minimum Gasteiger partial charge on any atom is -0.322 e. The van der Waals surface area contributed by atoms with Crippen LogP contribution in [0.4, 0.5) is 4.39 Å². The van der Waals surface area contributed by atoms with E-state index in [-0.39, 0.29) is 24.2 Å². The molecule has 168 valence electrons. The van der Waals surface area contributed by atoms with E-state index < -0.39 is 17.8 Å². The van der Waals surface area contributed by atoms with Crippen molar-refractivity contribution in [2.24, 2.45) is 0 Å². The highest BCUT2D eigenvalue weighted by atomic mass is 32.1. The second-order valence-electron chi connectivity index (χ2n) is 9.00.